The van der Waals surface area contributed by atoms with Crippen LogP contribution in [0.15, 0.2) is 6.33 Å². The maximum absolute atomic E-state index is 12.4. The van der Waals surface area contributed by atoms with E-state index >= 15 is 0 Å². The number of fused-ring (bicyclic) bond motifs is 1. The zero-order valence-corrected chi connectivity index (χ0v) is 10.9. The SMILES string of the molecule is Cc1c(C(=O)N2CCN(C)CC2)nnc2ncnn12. The third-order valence-electron chi connectivity index (χ3n) is 3.42. The first-order valence-electron chi connectivity index (χ1n) is 6.17. The molecule has 2 aromatic heterocycles. The van der Waals surface area contributed by atoms with Gasteiger partial charge in [0.15, 0.2) is 5.69 Å². The molecule has 0 bridgehead atoms. The molecule has 0 radical (unpaired) electrons. The van der Waals surface area contributed by atoms with Crippen LogP contribution < -0.4 is 0 Å². The van der Waals surface area contributed by atoms with E-state index in [1.807, 2.05) is 7.05 Å². The molecule has 0 spiro atoms. The first-order chi connectivity index (χ1) is 9.16. The summed E-state index contributed by atoms with van der Waals surface area (Å²) in [5.74, 6) is 0.322. The maximum atomic E-state index is 12.4. The van der Waals surface area contributed by atoms with Gasteiger partial charge in [0.05, 0.1) is 5.69 Å². The number of piperazine rings is 1. The molecule has 8 nitrogen and oxygen atoms in total. The second kappa shape index (κ2) is 4.54. The van der Waals surface area contributed by atoms with Gasteiger partial charge >= 0.3 is 0 Å². The Morgan fingerprint density at radius 1 is 1.21 bits per heavy atom. The first kappa shape index (κ1) is 12.0. The smallest absolute Gasteiger partial charge is 0.276 e. The minimum Gasteiger partial charge on any atom is -0.335 e. The van der Waals surface area contributed by atoms with Gasteiger partial charge < -0.3 is 9.80 Å². The number of aromatic nitrogens is 5. The van der Waals surface area contributed by atoms with Crippen LogP contribution in [-0.2, 0) is 0 Å². The summed E-state index contributed by atoms with van der Waals surface area (Å²) in [6.45, 7) is 4.99. The van der Waals surface area contributed by atoms with Crippen molar-refractivity contribution in [3.05, 3.63) is 17.7 Å². The third kappa shape index (κ3) is 2.03. The number of rotatable bonds is 1. The van der Waals surface area contributed by atoms with Crippen molar-refractivity contribution in [2.45, 2.75) is 6.92 Å². The highest BCUT2D eigenvalue weighted by Crippen LogP contribution is 2.10. The molecule has 1 fully saturated rings. The van der Waals surface area contributed by atoms with Gasteiger partial charge in [0.25, 0.3) is 11.7 Å². The highest BCUT2D eigenvalue weighted by atomic mass is 16.2. The van der Waals surface area contributed by atoms with Crippen molar-refractivity contribution < 1.29 is 4.79 Å². The Balaban J connectivity index is 1.91. The molecule has 0 unspecified atom stereocenters. The van der Waals surface area contributed by atoms with Crippen LogP contribution >= 0.6 is 0 Å². The quantitative estimate of drug-likeness (QED) is 0.669. The van der Waals surface area contributed by atoms with E-state index in [2.05, 4.69) is 25.2 Å². The number of carbonyl (C=O) groups excluding carboxylic acids is 1. The average molecular weight is 261 g/mol. The number of hydrogen-bond donors (Lipinski definition) is 0. The average Bonchev–Trinajstić information content (AvgIpc) is 2.88. The fourth-order valence-corrected chi connectivity index (χ4v) is 2.16. The van der Waals surface area contributed by atoms with Crippen molar-refractivity contribution in [1.29, 1.82) is 0 Å². The van der Waals surface area contributed by atoms with Gasteiger partial charge in [0.1, 0.15) is 6.33 Å². The molecule has 1 saturated heterocycles. The Bertz CT molecular complexity index is 615. The van der Waals surface area contributed by atoms with Crippen LogP contribution in [0.3, 0.4) is 0 Å². The van der Waals surface area contributed by atoms with Gasteiger partial charge in [-0.15, -0.1) is 10.2 Å². The van der Waals surface area contributed by atoms with Crippen LogP contribution in [0, 0.1) is 6.92 Å². The molecule has 1 amide bonds. The molecule has 8 heteroatoms. The van der Waals surface area contributed by atoms with E-state index in [0.717, 1.165) is 13.1 Å². The highest BCUT2D eigenvalue weighted by molar-refractivity contribution is 5.93. The summed E-state index contributed by atoms with van der Waals surface area (Å²) in [4.78, 5) is 20.4. The minimum absolute atomic E-state index is 0.0875. The zero-order chi connectivity index (χ0) is 13.4. The molecule has 3 heterocycles. The van der Waals surface area contributed by atoms with Gasteiger partial charge in [-0.3, -0.25) is 4.79 Å². The molecule has 1 aliphatic heterocycles. The predicted molar refractivity (Wildman–Crippen MR) is 66.7 cm³/mol. The first-order valence-corrected chi connectivity index (χ1v) is 6.17. The summed E-state index contributed by atoms with van der Waals surface area (Å²) in [6.07, 6.45) is 1.40. The molecule has 0 saturated carbocycles. The monoisotopic (exact) mass is 261 g/mol. The van der Waals surface area contributed by atoms with Crippen LogP contribution in [-0.4, -0.2) is 73.7 Å². The van der Waals surface area contributed by atoms with E-state index in [0.29, 0.717) is 30.3 Å². The third-order valence-corrected chi connectivity index (χ3v) is 3.42. The molecule has 2 aromatic rings. The second-order valence-corrected chi connectivity index (χ2v) is 4.70. The molecule has 100 valence electrons. The predicted octanol–water partition coefficient (Wildman–Crippen LogP) is -0.785. The lowest BCUT2D eigenvalue weighted by atomic mass is 10.2. The van der Waals surface area contributed by atoms with Crippen molar-refractivity contribution >= 4 is 11.7 Å². The van der Waals surface area contributed by atoms with Crippen molar-refractivity contribution in [2.24, 2.45) is 0 Å². The summed E-state index contributed by atoms with van der Waals surface area (Å²) in [7, 11) is 2.05. The van der Waals surface area contributed by atoms with E-state index in [-0.39, 0.29) is 5.91 Å². The van der Waals surface area contributed by atoms with Gasteiger partial charge in [-0.1, -0.05) is 0 Å². The summed E-state index contributed by atoms with van der Waals surface area (Å²) >= 11 is 0. The van der Waals surface area contributed by atoms with E-state index in [4.69, 9.17) is 0 Å². The number of carbonyl (C=O) groups is 1. The van der Waals surface area contributed by atoms with Crippen LogP contribution in [0.1, 0.15) is 16.2 Å². The Morgan fingerprint density at radius 2 is 1.95 bits per heavy atom. The van der Waals surface area contributed by atoms with Crippen LogP contribution in [0.25, 0.3) is 5.78 Å². The molecular weight excluding hydrogens is 246 g/mol. The lowest BCUT2D eigenvalue weighted by Gasteiger charge is -2.32. The van der Waals surface area contributed by atoms with Crippen molar-refractivity contribution in [2.75, 3.05) is 33.2 Å². The fourth-order valence-electron chi connectivity index (χ4n) is 2.16. The van der Waals surface area contributed by atoms with E-state index in [9.17, 15) is 4.79 Å². The minimum atomic E-state index is -0.0875. The summed E-state index contributed by atoms with van der Waals surface area (Å²) < 4.78 is 1.54. The normalized spacial score (nSPS) is 17.1. The zero-order valence-electron chi connectivity index (χ0n) is 10.9. The maximum Gasteiger partial charge on any atom is 0.276 e. The number of likely N-dealkylation sites (N-methyl/N-ethyl adjacent to an activating group) is 1. The number of hydrogen-bond acceptors (Lipinski definition) is 6. The van der Waals surface area contributed by atoms with Gasteiger partial charge in [-0.2, -0.15) is 14.6 Å². The Hall–Kier alpha value is -2.09. The van der Waals surface area contributed by atoms with Crippen molar-refractivity contribution in [3.63, 3.8) is 0 Å². The number of nitrogens with zero attached hydrogens (tertiary/aromatic N) is 7. The molecule has 1 aliphatic rings. The molecule has 0 N–H and O–H groups in total. The summed E-state index contributed by atoms with van der Waals surface area (Å²) in [5.41, 5.74) is 1.02. The number of amides is 1. The van der Waals surface area contributed by atoms with Crippen molar-refractivity contribution in [1.82, 2.24) is 34.6 Å². The van der Waals surface area contributed by atoms with Gasteiger partial charge in [0.2, 0.25) is 0 Å². The van der Waals surface area contributed by atoms with Crippen LogP contribution in [0.2, 0.25) is 0 Å². The largest absolute Gasteiger partial charge is 0.335 e. The Morgan fingerprint density at radius 3 is 2.68 bits per heavy atom. The second-order valence-electron chi connectivity index (χ2n) is 4.70. The van der Waals surface area contributed by atoms with E-state index < -0.39 is 0 Å². The van der Waals surface area contributed by atoms with Gasteiger partial charge in [-0.25, -0.2) is 0 Å². The van der Waals surface area contributed by atoms with Gasteiger partial charge in [-0.05, 0) is 14.0 Å². The molecular formula is C11H15N7O. The number of aryl methyl sites for hydroxylation is 1. The fraction of sp³-hybridized carbons (Fsp3) is 0.545. The van der Waals surface area contributed by atoms with E-state index in [1.165, 1.54) is 10.8 Å². The van der Waals surface area contributed by atoms with E-state index in [1.54, 1.807) is 11.8 Å². The summed E-state index contributed by atoms with van der Waals surface area (Å²) in [5, 5.41) is 12.0. The van der Waals surface area contributed by atoms with Crippen LogP contribution in [0.5, 0.6) is 0 Å². The Kier molecular flexibility index (Phi) is 2.86. The lowest BCUT2D eigenvalue weighted by molar-refractivity contribution is 0.0655. The molecule has 19 heavy (non-hydrogen) atoms. The molecule has 0 aromatic carbocycles. The molecule has 3 rings (SSSR count). The molecule has 0 aliphatic carbocycles. The van der Waals surface area contributed by atoms with Crippen molar-refractivity contribution in [3.8, 4) is 0 Å². The summed E-state index contributed by atoms with van der Waals surface area (Å²) in [6, 6.07) is 0. The highest BCUT2D eigenvalue weighted by Gasteiger charge is 2.24. The topological polar surface area (TPSA) is 79.5 Å². The Labute approximate surface area is 110 Å². The van der Waals surface area contributed by atoms with Gasteiger partial charge in [0, 0.05) is 26.2 Å². The molecule has 0 atom stereocenters. The lowest BCUT2D eigenvalue weighted by Crippen LogP contribution is -2.47. The standard InChI is InChI=1S/C11H15N7O/c1-8-9(14-15-11-12-7-13-18(8)11)10(19)17-5-3-16(2)4-6-17/h7H,3-6H2,1-2H3. The van der Waals surface area contributed by atoms with Crippen LogP contribution in [0.4, 0.5) is 0 Å².